The lowest BCUT2D eigenvalue weighted by Crippen LogP contribution is -2.38. The van der Waals surface area contributed by atoms with Crippen LogP contribution < -0.4 is 5.32 Å². The smallest absolute Gasteiger partial charge is 0.251 e. The number of carbonyl (C=O) groups is 1. The molecule has 0 bridgehead atoms. The summed E-state index contributed by atoms with van der Waals surface area (Å²) in [6.45, 7) is 1.73. The summed E-state index contributed by atoms with van der Waals surface area (Å²) in [5, 5.41) is 31.0. The molecule has 166 valence electrons. The van der Waals surface area contributed by atoms with Gasteiger partial charge in [-0.25, -0.2) is 4.68 Å². The van der Waals surface area contributed by atoms with Crippen molar-refractivity contribution < 1.29 is 16.4 Å². The number of aliphatic hydroxyl groups is 2. The summed E-state index contributed by atoms with van der Waals surface area (Å²) >= 11 is 0. The summed E-state index contributed by atoms with van der Waals surface area (Å²) in [4.78, 5) is 12.4. The first-order chi connectivity index (χ1) is 14.6. The second-order valence-corrected chi connectivity index (χ2v) is 8.53. The molecule has 1 aliphatic carbocycles. The summed E-state index contributed by atoms with van der Waals surface area (Å²) in [5.41, 5.74) is 2.57. The quantitative estimate of drug-likeness (QED) is 0.553. The second-order valence-electron chi connectivity index (χ2n) is 8.53. The van der Waals surface area contributed by atoms with Gasteiger partial charge in [0.15, 0.2) is 0 Å². The fourth-order valence-electron chi connectivity index (χ4n) is 4.24. The number of aromatic nitrogens is 3. The normalized spacial score (nSPS) is 16.9. The summed E-state index contributed by atoms with van der Waals surface area (Å²) < 4.78 is 1.73. The average Bonchev–Trinajstić information content (AvgIpc) is 3.22. The lowest BCUT2D eigenvalue weighted by molar-refractivity contribution is 0.0908. The lowest BCUT2D eigenvalue weighted by Gasteiger charge is -2.20. The first kappa shape index (κ1) is 22.4. The van der Waals surface area contributed by atoms with Gasteiger partial charge in [0.25, 0.3) is 5.91 Å². The second kappa shape index (κ2) is 11.2. The van der Waals surface area contributed by atoms with E-state index in [1.54, 1.807) is 10.7 Å². The van der Waals surface area contributed by atoms with Crippen LogP contribution in [0.1, 0.15) is 74.0 Å². The highest BCUT2D eigenvalue weighted by Gasteiger charge is 2.20. The van der Waals surface area contributed by atoms with Crippen LogP contribution in [-0.4, -0.2) is 50.4 Å². The average molecular weight is 417 g/mol. The number of benzene rings is 1. The van der Waals surface area contributed by atoms with Gasteiger partial charge in [0.1, 0.15) is 0 Å². The third-order valence-corrected chi connectivity index (χ3v) is 6.05. The van der Waals surface area contributed by atoms with E-state index in [0.29, 0.717) is 24.3 Å². The number of rotatable bonds is 10. The van der Waals surface area contributed by atoms with Crippen LogP contribution in [-0.2, 0) is 6.42 Å². The van der Waals surface area contributed by atoms with Gasteiger partial charge >= 0.3 is 0 Å². The number of hydrogen-bond donors (Lipinski definition) is 3. The Bertz CT molecular complexity index is 808. The van der Waals surface area contributed by atoms with Crippen molar-refractivity contribution in [2.75, 3.05) is 13.2 Å². The zero-order chi connectivity index (χ0) is 21.3. The molecule has 1 amide bonds. The van der Waals surface area contributed by atoms with Crippen molar-refractivity contribution in [1.29, 1.82) is 0 Å². The monoisotopic (exact) mass is 416 g/mol. The number of aliphatic hydroxyl groups excluding tert-OH is 2. The van der Waals surface area contributed by atoms with Crippen molar-refractivity contribution in [3.05, 3.63) is 47.3 Å². The van der Waals surface area contributed by atoms with Gasteiger partial charge < -0.3 is 15.5 Å². The van der Waals surface area contributed by atoms with E-state index in [9.17, 15) is 15.0 Å². The summed E-state index contributed by atoms with van der Waals surface area (Å²) in [7, 11) is 0. The predicted molar refractivity (Wildman–Crippen MR) is 117 cm³/mol. The molecule has 0 saturated heterocycles. The van der Waals surface area contributed by atoms with Crippen molar-refractivity contribution in [2.45, 2.75) is 70.4 Å². The largest absolute Gasteiger partial charge is 0.394 e. The highest BCUT2D eigenvalue weighted by molar-refractivity contribution is 5.94. The lowest BCUT2D eigenvalue weighted by atomic mass is 9.86. The molecule has 7 nitrogen and oxygen atoms in total. The Morgan fingerprint density at radius 1 is 1.23 bits per heavy atom. The SMILES string of the molecule is Cc1cccc(C(=O)N[C@@H](CO)CC[C@H](CO)n2cc(CC3CCCCC3)nn2)c1.[HH]. The molecule has 0 spiro atoms. The van der Waals surface area contributed by atoms with Crippen molar-refractivity contribution in [2.24, 2.45) is 5.92 Å². The zero-order valence-electron chi connectivity index (χ0n) is 17.8. The molecular formula is C23H36N4O3. The van der Waals surface area contributed by atoms with E-state index in [-0.39, 0.29) is 32.6 Å². The first-order valence-corrected chi connectivity index (χ1v) is 11.1. The van der Waals surface area contributed by atoms with Gasteiger partial charge in [-0.05, 0) is 44.2 Å². The number of carbonyl (C=O) groups excluding carboxylic acids is 1. The molecule has 1 heterocycles. The Morgan fingerprint density at radius 3 is 2.73 bits per heavy atom. The highest BCUT2D eigenvalue weighted by atomic mass is 16.3. The highest BCUT2D eigenvalue weighted by Crippen LogP contribution is 2.26. The minimum Gasteiger partial charge on any atom is -0.394 e. The Labute approximate surface area is 180 Å². The molecule has 1 saturated carbocycles. The van der Waals surface area contributed by atoms with Crippen LogP contribution in [0, 0.1) is 12.8 Å². The topological polar surface area (TPSA) is 100 Å². The maximum Gasteiger partial charge on any atom is 0.251 e. The summed E-state index contributed by atoms with van der Waals surface area (Å²) in [6.07, 6.45) is 10.5. The third-order valence-electron chi connectivity index (χ3n) is 6.05. The minimum atomic E-state index is -0.378. The molecule has 0 aliphatic heterocycles. The van der Waals surface area contributed by atoms with Crippen molar-refractivity contribution in [3.63, 3.8) is 0 Å². The molecule has 0 radical (unpaired) electrons. The van der Waals surface area contributed by atoms with E-state index in [1.807, 2.05) is 31.3 Å². The summed E-state index contributed by atoms with van der Waals surface area (Å²) in [6, 6.07) is 6.77. The number of amides is 1. The Kier molecular flexibility index (Phi) is 8.39. The van der Waals surface area contributed by atoms with E-state index in [1.165, 1.54) is 32.1 Å². The van der Waals surface area contributed by atoms with E-state index >= 15 is 0 Å². The van der Waals surface area contributed by atoms with Crippen LogP contribution in [0.25, 0.3) is 0 Å². The number of hydrogen-bond acceptors (Lipinski definition) is 5. The van der Waals surface area contributed by atoms with Crippen LogP contribution in [0.3, 0.4) is 0 Å². The van der Waals surface area contributed by atoms with E-state index in [0.717, 1.165) is 17.7 Å². The molecule has 1 aromatic carbocycles. The maximum atomic E-state index is 12.4. The number of nitrogens with one attached hydrogen (secondary N) is 1. The van der Waals surface area contributed by atoms with E-state index in [4.69, 9.17) is 0 Å². The Hall–Kier alpha value is -2.25. The Morgan fingerprint density at radius 2 is 2.03 bits per heavy atom. The minimum absolute atomic E-state index is 0. The predicted octanol–water partition coefficient (Wildman–Crippen LogP) is 3.06. The van der Waals surface area contributed by atoms with Gasteiger partial charge in [0.2, 0.25) is 0 Å². The fourth-order valence-corrected chi connectivity index (χ4v) is 4.24. The van der Waals surface area contributed by atoms with Crippen molar-refractivity contribution in [1.82, 2.24) is 20.3 Å². The van der Waals surface area contributed by atoms with Crippen LogP contribution in [0.5, 0.6) is 0 Å². The van der Waals surface area contributed by atoms with E-state index < -0.39 is 0 Å². The number of aryl methyl sites for hydroxylation is 1. The van der Waals surface area contributed by atoms with Crippen molar-refractivity contribution in [3.8, 4) is 0 Å². The molecule has 7 heteroatoms. The maximum absolute atomic E-state index is 12.4. The fraction of sp³-hybridized carbons (Fsp3) is 0.609. The third kappa shape index (κ3) is 6.37. The van der Waals surface area contributed by atoms with Crippen LogP contribution in [0.2, 0.25) is 0 Å². The van der Waals surface area contributed by atoms with Gasteiger partial charge in [-0.2, -0.15) is 0 Å². The Balaban J connectivity index is 0.00000341. The molecule has 3 rings (SSSR count). The van der Waals surface area contributed by atoms with Gasteiger partial charge in [-0.1, -0.05) is 55.0 Å². The van der Waals surface area contributed by atoms with Crippen molar-refractivity contribution >= 4 is 5.91 Å². The molecule has 3 N–H and O–H groups in total. The van der Waals surface area contributed by atoms with Gasteiger partial charge in [0, 0.05) is 13.2 Å². The molecule has 1 fully saturated rings. The van der Waals surface area contributed by atoms with Gasteiger partial charge in [-0.3, -0.25) is 4.79 Å². The summed E-state index contributed by atoms with van der Waals surface area (Å²) in [5.74, 6) is 0.487. The van der Waals surface area contributed by atoms with Crippen LogP contribution in [0.4, 0.5) is 0 Å². The molecule has 2 atom stereocenters. The zero-order valence-corrected chi connectivity index (χ0v) is 17.8. The molecule has 1 aliphatic rings. The number of nitrogens with zero attached hydrogens (tertiary/aromatic N) is 3. The molecule has 1 aromatic heterocycles. The molecular weight excluding hydrogens is 380 g/mol. The molecule has 30 heavy (non-hydrogen) atoms. The van der Waals surface area contributed by atoms with Gasteiger partial charge in [0.05, 0.1) is 31.0 Å². The molecule has 0 unspecified atom stereocenters. The van der Waals surface area contributed by atoms with Crippen LogP contribution >= 0.6 is 0 Å². The molecule has 2 aromatic rings. The first-order valence-electron chi connectivity index (χ1n) is 11.1. The van der Waals surface area contributed by atoms with E-state index in [2.05, 4.69) is 15.6 Å². The standard InChI is InChI=1S/C23H34N4O3.H2/c1-17-6-5-9-19(12-17)23(30)24-20(15-28)10-11-22(16-29)27-14-21(25-26-27)13-18-7-3-2-4-8-18;/h5-6,9,12,14,18,20,22,28-29H,2-4,7-8,10-11,13,15-16H2,1H3,(H,24,30);1H/t20-,22-;/m1./s1. The van der Waals surface area contributed by atoms with Gasteiger partial charge in [-0.15, -0.1) is 5.10 Å². The van der Waals surface area contributed by atoms with Crippen LogP contribution in [0.15, 0.2) is 30.5 Å².